The Morgan fingerprint density at radius 3 is 2.46 bits per heavy atom. The Labute approximate surface area is 151 Å². The van der Waals surface area contributed by atoms with E-state index in [2.05, 4.69) is 5.32 Å². The summed E-state index contributed by atoms with van der Waals surface area (Å²) in [6.07, 6.45) is 0. The first-order valence-corrected chi connectivity index (χ1v) is 7.99. The molecule has 2 aromatic rings. The zero-order valence-corrected chi connectivity index (χ0v) is 14.8. The van der Waals surface area contributed by atoms with Crippen molar-refractivity contribution in [2.24, 2.45) is 5.41 Å². The van der Waals surface area contributed by atoms with Gasteiger partial charge in [-0.15, -0.1) is 0 Å². The molecule has 0 bridgehead atoms. The highest BCUT2D eigenvalue weighted by Gasteiger charge is 2.21. The van der Waals surface area contributed by atoms with Crippen molar-refractivity contribution in [1.29, 1.82) is 0 Å². The van der Waals surface area contributed by atoms with Gasteiger partial charge in [-0.2, -0.15) is 0 Å². The van der Waals surface area contributed by atoms with Gasteiger partial charge < -0.3 is 10.1 Å². The lowest BCUT2D eigenvalue weighted by molar-refractivity contribution is -0.384. The average molecular weight is 356 g/mol. The van der Waals surface area contributed by atoms with Crippen molar-refractivity contribution in [2.75, 3.05) is 11.9 Å². The molecule has 0 spiro atoms. The Morgan fingerprint density at radius 1 is 1.12 bits per heavy atom. The number of Topliss-reactive ketones (excluding diaryl/α,β-unsaturated/α-hetero) is 1. The van der Waals surface area contributed by atoms with Gasteiger partial charge >= 0.3 is 0 Å². The van der Waals surface area contributed by atoms with Crippen molar-refractivity contribution < 1.29 is 19.2 Å². The van der Waals surface area contributed by atoms with Crippen LogP contribution < -0.4 is 10.1 Å². The third-order valence-electron chi connectivity index (χ3n) is 3.62. The van der Waals surface area contributed by atoms with Crippen molar-refractivity contribution in [3.8, 4) is 5.75 Å². The fraction of sp³-hybridized carbons (Fsp3) is 0.263. The van der Waals surface area contributed by atoms with E-state index in [0.29, 0.717) is 11.4 Å². The fourth-order valence-corrected chi connectivity index (χ4v) is 1.99. The second-order valence-electron chi connectivity index (χ2n) is 6.75. The van der Waals surface area contributed by atoms with Gasteiger partial charge in [0.05, 0.1) is 4.92 Å². The van der Waals surface area contributed by atoms with Crippen LogP contribution in [0.1, 0.15) is 31.1 Å². The van der Waals surface area contributed by atoms with Crippen molar-refractivity contribution in [2.45, 2.75) is 20.8 Å². The first kappa shape index (κ1) is 19.1. The van der Waals surface area contributed by atoms with Crippen molar-refractivity contribution in [1.82, 2.24) is 0 Å². The number of nitro groups is 1. The van der Waals surface area contributed by atoms with Gasteiger partial charge in [-0.25, -0.2) is 0 Å². The Hall–Kier alpha value is -3.22. The maximum atomic E-state index is 12.3. The molecule has 0 aliphatic heterocycles. The summed E-state index contributed by atoms with van der Waals surface area (Å²) in [5, 5.41) is 13.5. The van der Waals surface area contributed by atoms with Gasteiger partial charge in [0, 0.05) is 34.9 Å². The minimum atomic E-state index is -0.558. The lowest BCUT2D eigenvalue weighted by atomic mass is 9.91. The number of nitrogens with one attached hydrogen (secondary N) is 1. The number of non-ortho nitro benzene ring substituents is 1. The number of hydrogen-bond acceptors (Lipinski definition) is 5. The highest BCUT2D eigenvalue weighted by atomic mass is 16.6. The topological polar surface area (TPSA) is 98.5 Å². The summed E-state index contributed by atoms with van der Waals surface area (Å²) < 4.78 is 5.48. The second-order valence-corrected chi connectivity index (χ2v) is 6.75. The van der Waals surface area contributed by atoms with Crippen LogP contribution in [0.15, 0.2) is 48.5 Å². The first-order valence-electron chi connectivity index (χ1n) is 7.99. The molecule has 0 atom stereocenters. The predicted molar refractivity (Wildman–Crippen MR) is 97.4 cm³/mol. The van der Waals surface area contributed by atoms with Crippen molar-refractivity contribution >= 4 is 23.1 Å². The van der Waals surface area contributed by atoms with Gasteiger partial charge in [0.25, 0.3) is 11.6 Å². The zero-order valence-electron chi connectivity index (χ0n) is 14.8. The van der Waals surface area contributed by atoms with Gasteiger partial charge in [0.1, 0.15) is 12.4 Å². The standard InChI is InChI=1S/C19H20N2O5/c1-19(2,3)17(22)12-26-16-9-5-7-14(11-16)20-18(23)13-6-4-8-15(10-13)21(24)25/h4-11H,12H2,1-3H3,(H,20,23). The third-order valence-corrected chi connectivity index (χ3v) is 3.62. The number of rotatable bonds is 6. The van der Waals surface area contributed by atoms with E-state index in [1.54, 1.807) is 24.3 Å². The highest BCUT2D eigenvalue weighted by Crippen LogP contribution is 2.21. The number of nitro benzene ring substituents is 1. The summed E-state index contributed by atoms with van der Waals surface area (Å²) >= 11 is 0. The molecule has 2 rings (SSSR count). The molecule has 0 heterocycles. The summed E-state index contributed by atoms with van der Waals surface area (Å²) in [5.41, 5.74) is -0.0144. The van der Waals surface area contributed by atoms with Crippen LogP contribution in [0.2, 0.25) is 0 Å². The van der Waals surface area contributed by atoms with Crippen LogP contribution in [-0.4, -0.2) is 23.2 Å². The molecule has 136 valence electrons. The molecule has 0 fully saturated rings. The summed E-state index contributed by atoms with van der Waals surface area (Å²) in [6.45, 7) is 5.38. The van der Waals surface area contributed by atoms with Gasteiger partial charge in [-0.05, 0) is 18.2 Å². The molecule has 0 saturated heterocycles. The SMILES string of the molecule is CC(C)(C)C(=O)COc1cccc(NC(=O)c2cccc([N+](=O)[O-])c2)c1. The van der Waals surface area contributed by atoms with E-state index in [0.717, 1.165) is 0 Å². The molecule has 0 radical (unpaired) electrons. The quantitative estimate of drug-likeness (QED) is 0.626. The molecule has 26 heavy (non-hydrogen) atoms. The van der Waals surface area contributed by atoms with E-state index in [4.69, 9.17) is 4.74 Å². The molecule has 7 heteroatoms. The number of benzene rings is 2. The Kier molecular flexibility index (Phi) is 5.71. The van der Waals surface area contributed by atoms with Crippen molar-refractivity contribution in [3.63, 3.8) is 0 Å². The van der Waals surface area contributed by atoms with Gasteiger partial charge in [-0.1, -0.05) is 32.9 Å². The Balaban J connectivity index is 2.06. The van der Waals surface area contributed by atoms with Gasteiger partial charge in [-0.3, -0.25) is 19.7 Å². The number of ketones is 1. The fourth-order valence-electron chi connectivity index (χ4n) is 1.99. The minimum Gasteiger partial charge on any atom is -0.486 e. The summed E-state index contributed by atoms with van der Waals surface area (Å²) in [7, 11) is 0. The van der Waals surface area contributed by atoms with Crippen LogP contribution in [0.3, 0.4) is 0 Å². The number of amides is 1. The predicted octanol–water partition coefficient (Wildman–Crippen LogP) is 3.84. The smallest absolute Gasteiger partial charge is 0.270 e. The molecule has 0 aliphatic rings. The number of carbonyl (C=O) groups excluding carboxylic acids is 2. The van der Waals surface area contributed by atoms with Crippen LogP contribution in [0.25, 0.3) is 0 Å². The molecule has 0 unspecified atom stereocenters. The normalized spacial score (nSPS) is 10.9. The van der Waals surface area contributed by atoms with Crippen LogP contribution in [0.4, 0.5) is 11.4 Å². The van der Waals surface area contributed by atoms with E-state index < -0.39 is 16.2 Å². The molecular formula is C19H20N2O5. The van der Waals surface area contributed by atoms with E-state index >= 15 is 0 Å². The lowest BCUT2D eigenvalue weighted by Crippen LogP contribution is -2.26. The molecule has 7 nitrogen and oxygen atoms in total. The van der Waals surface area contributed by atoms with Crippen LogP contribution in [0.5, 0.6) is 5.75 Å². The van der Waals surface area contributed by atoms with Crippen LogP contribution in [-0.2, 0) is 4.79 Å². The van der Waals surface area contributed by atoms with Gasteiger partial charge in [0.15, 0.2) is 5.78 Å². The summed E-state index contributed by atoms with van der Waals surface area (Å²) in [5.74, 6) is -0.0698. The van der Waals surface area contributed by atoms with Crippen LogP contribution >= 0.6 is 0 Å². The molecule has 0 aliphatic carbocycles. The largest absolute Gasteiger partial charge is 0.486 e. The Morgan fingerprint density at radius 2 is 1.81 bits per heavy atom. The lowest BCUT2D eigenvalue weighted by Gasteiger charge is -2.17. The summed E-state index contributed by atoms with van der Waals surface area (Å²) in [4.78, 5) is 34.4. The number of anilines is 1. The number of nitrogens with zero attached hydrogens (tertiary/aromatic N) is 1. The molecule has 2 aromatic carbocycles. The molecule has 0 aromatic heterocycles. The Bertz CT molecular complexity index is 840. The van der Waals surface area contributed by atoms with E-state index in [9.17, 15) is 19.7 Å². The van der Waals surface area contributed by atoms with E-state index in [1.807, 2.05) is 20.8 Å². The number of hydrogen-bond donors (Lipinski definition) is 1. The van der Waals surface area contributed by atoms with E-state index in [1.165, 1.54) is 24.3 Å². The summed E-state index contributed by atoms with van der Waals surface area (Å²) in [6, 6.07) is 12.1. The van der Waals surface area contributed by atoms with E-state index in [-0.39, 0.29) is 23.6 Å². The highest BCUT2D eigenvalue weighted by molar-refractivity contribution is 6.04. The maximum absolute atomic E-state index is 12.3. The molecule has 1 amide bonds. The monoisotopic (exact) mass is 356 g/mol. The molecule has 1 N–H and O–H groups in total. The first-order chi connectivity index (χ1) is 12.2. The minimum absolute atomic E-state index is 0.0384. The van der Waals surface area contributed by atoms with Crippen LogP contribution in [0, 0.1) is 15.5 Å². The average Bonchev–Trinajstić information content (AvgIpc) is 2.59. The number of carbonyl (C=O) groups is 2. The van der Waals surface area contributed by atoms with Gasteiger partial charge in [0.2, 0.25) is 0 Å². The maximum Gasteiger partial charge on any atom is 0.270 e. The van der Waals surface area contributed by atoms with Crippen molar-refractivity contribution in [3.05, 3.63) is 64.2 Å². The third kappa shape index (κ3) is 5.14. The molecular weight excluding hydrogens is 336 g/mol. The zero-order chi connectivity index (χ0) is 19.3. The number of ether oxygens (including phenoxy) is 1. The second kappa shape index (κ2) is 7.77. The molecule has 0 saturated carbocycles.